The fourth-order valence-electron chi connectivity index (χ4n) is 1.50. The van der Waals surface area contributed by atoms with Gasteiger partial charge in [-0.3, -0.25) is 0 Å². The Bertz CT molecular complexity index is 431. The average Bonchev–Trinajstić information content (AvgIpc) is 2.66. The van der Waals surface area contributed by atoms with E-state index < -0.39 is 0 Å². The maximum absolute atomic E-state index is 6.08. The van der Waals surface area contributed by atoms with Gasteiger partial charge < -0.3 is 4.42 Å². The lowest BCUT2D eigenvalue weighted by atomic mass is 10.1. The second-order valence-corrected chi connectivity index (χ2v) is 3.52. The second-order valence-electron chi connectivity index (χ2n) is 3.11. The first-order chi connectivity index (χ1) is 6.83. The predicted molar refractivity (Wildman–Crippen MR) is 58.5 cm³/mol. The highest BCUT2D eigenvalue weighted by Crippen LogP contribution is 2.31. The standard InChI is InChI=1S/C12H11ClO/c1-2-9-7-8-14-12(9)10-5-3-4-6-11(10)13/h3-8H,2H2,1H3. The number of furan rings is 1. The van der Waals surface area contributed by atoms with Gasteiger partial charge in [-0.25, -0.2) is 0 Å². The van der Waals surface area contributed by atoms with Crippen LogP contribution in [0.2, 0.25) is 5.02 Å². The molecule has 2 heteroatoms. The van der Waals surface area contributed by atoms with Crippen molar-refractivity contribution in [2.45, 2.75) is 13.3 Å². The molecular formula is C12H11ClO. The van der Waals surface area contributed by atoms with Gasteiger partial charge in [-0.2, -0.15) is 0 Å². The zero-order valence-electron chi connectivity index (χ0n) is 7.96. The Morgan fingerprint density at radius 1 is 1.21 bits per heavy atom. The predicted octanol–water partition coefficient (Wildman–Crippen LogP) is 4.16. The van der Waals surface area contributed by atoms with E-state index in [1.54, 1.807) is 6.26 Å². The van der Waals surface area contributed by atoms with Crippen molar-refractivity contribution in [3.05, 3.63) is 47.2 Å². The molecule has 0 fully saturated rings. The van der Waals surface area contributed by atoms with Crippen LogP contribution in [0.1, 0.15) is 12.5 Å². The van der Waals surface area contributed by atoms with Crippen LogP contribution >= 0.6 is 11.6 Å². The summed E-state index contributed by atoms with van der Waals surface area (Å²) in [5.41, 5.74) is 2.16. The van der Waals surface area contributed by atoms with Crippen LogP contribution in [-0.2, 0) is 6.42 Å². The van der Waals surface area contributed by atoms with Crippen LogP contribution in [0.3, 0.4) is 0 Å². The van der Waals surface area contributed by atoms with Crippen LogP contribution in [0.4, 0.5) is 0 Å². The molecule has 0 aliphatic carbocycles. The van der Waals surface area contributed by atoms with E-state index >= 15 is 0 Å². The Morgan fingerprint density at radius 3 is 2.71 bits per heavy atom. The van der Waals surface area contributed by atoms with Gasteiger partial charge in [0, 0.05) is 5.56 Å². The molecule has 0 aliphatic rings. The molecule has 0 saturated carbocycles. The van der Waals surface area contributed by atoms with Crippen molar-refractivity contribution in [2.75, 3.05) is 0 Å². The number of benzene rings is 1. The van der Waals surface area contributed by atoms with E-state index in [0.29, 0.717) is 0 Å². The van der Waals surface area contributed by atoms with Gasteiger partial charge in [0.2, 0.25) is 0 Å². The molecule has 1 aromatic heterocycles. The summed E-state index contributed by atoms with van der Waals surface area (Å²) in [6, 6.07) is 9.71. The molecule has 0 N–H and O–H groups in total. The molecular weight excluding hydrogens is 196 g/mol. The zero-order chi connectivity index (χ0) is 9.97. The van der Waals surface area contributed by atoms with Crippen LogP contribution in [0, 0.1) is 0 Å². The summed E-state index contributed by atoms with van der Waals surface area (Å²) in [7, 11) is 0. The first kappa shape index (κ1) is 9.35. The summed E-state index contributed by atoms with van der Waals surface area (Å²) < 4.78 is 5.44. The largest absolute Gasteiger partial charge is 0.464 e. The average molecular weight is 207 g/mol. The lowest BCUT2D eigenvalue weighted by Gasteiger charge is -2.02. The van der Waals surface area contributed by atoms with Crippen LogP contribution < -0.4 is 0 Å². The highest BCUT2D eigenvalue weighted by atomic mass is 35.5. The topological polar surface area (TPSA) is 13.1 Å². The molecule has 0 radical (unpaired) electrons. The van der Waals surface area contributed by atoms with Gasteiger partial charge in [0.15, 0.2) is 0 Å². The number of aryl methyl sites for hydroxylation is 1. The van der Waals surface area contributed by atoms with Crippen LogP contribution in [-0.4, -0.2) is 0 Å². The molecule has 0 saturated heterocycles. The minimum atomic E-state index is 0.733. The summed E-state index contributed by atoms with van der Waals surface area (Å²) >= 11 is 6.08. The molecule has 0 bridgehead atoms. The summed E-state index contributed by atoms with van der Waals surface area (Å²) in [5.74, 6) is 0.887. The van der Waals surface area contributed by atoms with Crippen molar-refractivity contribution >= 4 is 11.6 Å². The molecule has 72 valence electrons. The fourth-order valence-corrected chi connectivity index (χ4v) is 1.72. The Balaban J connectivity index is 2.54. The Hall–Kier alpha value is -1.21. The van der Waals surface area contributed by atoms with Gasteiger partial charge >= 0.3 is 0 Å². The van der Waals surface area contributed by atoms with E-state index in [2.05, 4.69) is 6.92 Å². The van der Waals surface area contributed by atoms with Gasteiger partial charge in [-0.05, 0) is 30.2 Å². The quantitative estimate of drug-likeness (QED) is 0.719. The third-order valence-corrected chi connectivity index (χ3v) is 2.58. The van der Waals surface area contributed by atoms with Crippen molar-refractivity contribution in [3.63, 3.8) is 0 Å². The van der Waals surface area contributed by atoms with E-state index in [4.69, 9.17) is 16.0 Å². The Kier molecular flexibility index (Phi) is 2.60. The number of hydrogen-bond donors (Lipinski definition) is 0. The van der Waals surface area contributed by atoms with Crippen molar-refractivity contribution in [3.8, 4) is 11.3 Å². The van der Waals surface area contributed by atoms with Crippen LogP contribution in [0.5, 0.6) is 0 Å². The maximum Gasteiger partial charge on any atom is 0.138 e. The summed E-state index contributed by atoms with van der Waals surface area (Å²) in [4.78, 5) is 0. The molecule has 1 nitrogen and oxygen atoms in total. The van der Waals surface area contributed by atoms with Crippen molar-refractivity contribution in [2.24, 2.45) is 0 Å². The highest BCUT2D eigenvalue weighted by Gasteiger charge is 2.09. The smallest absolute Gasteiger partial charge is 0.138 e. The number of hydrogen-bond acceptors (Lipinski definition) is 1. The minimum Gasteiger partial charge on any atom is -0.464 e. The van der Waals surface area contributed by atoms with Gasteiger partial charge in [0.1, 0.15) is 5.76 Å². The lowest BCUT2D eigenvalue weighted by molar-refractivity contribution is 0.580. The molecule has 14 heavy (non-hydrogen) atoms. The second kappa shape index (κ2) is 3.89. The van der Waals surface area contributed by atoms with E-state index in [9.17, 15) is 0 Å². The van der Waals surface area contributed by atoms with Gasteiger partial charge in [0.25, 0.3) is 0 Å². The SMILES string of the molecule is CCc1ccoc1-c1ccccc1Cl. The van der Waals surface area contributed by atoms with E-state index in [1.807, 2.05) is 30.3 Å². The third-order valence-electron chi connectivity index (χ3n) is 2.25. The van der Waals surface area contributed by atoms with Gasteiger partial charge in [0.05, 0.1) is 11.3 Å². The van der Waals surface area contributed by atoms with Crippen molar-refractivity contribution < 1.29 is 4.42 Å². The minimum absolute atomic E-state index is 0.733. The molecule has 0 spiro atoms. The highest BCUT2D eigenvalue weighted by molar-refractivity contribution is 6.33. The third kappa shape index (κ3) is 1.55. The monoisotopic (exact) mass is 206 g/mol. The molecule has 1 heterocycles. The van der Waals surface area contributed by atoms with Crippen LogP contribution in [0.25, 0.3) is 11.3 Å². The molecule has 1 aromatic carbocycles. The van der Waals surface area contributed by atoms with Gasteiger partial charge in [-0.15, -0.1) is 0 Å². The molecule has 2 aromatic rings. The first-order valence-electron chi connectivity index (χ1n) is 4.64. The number of rotatable bonds is 2. The summed E-state index contributed by atoms with van der Waals surface area (Å²) in [5, 5.41) is 0.733. The van der Waals surface area contributed by atoms with Crippen molar-refractivity contribution in [1.82, 2.24) is 0 Å². The normalized spacial score (nSPS) is 10.4. The first-order valence-corrected chi connectivity index (χ1v) is 5.02. The zero-order valence-corrected chi connectivity index (χ0v) is 8.71. The number of halogens is 1. The Labute approximate surface area is 88.3 Å². The van der Waals surface area contributed by atoms with E-state index in [1.165, 1.54) is 5.56 Å². The molecule has 0 amide bonds. The summed E-state index contributed by atoms with van der Waals surface area (Å²) in [6.45, 7) is 2.10. The van der Waals surface area contributed by atoms with E-state index in [0.717, 1.165) is 22.8 Å². The van der Waals surface area contributed by atoms with Crippen molar-refractivity contribution in [1.29, 1.82) is 0 Å². The Morgan fingerprint density at radius 2 is 2.00 bits per heavy atom. The lowest BCUT2D eigenvalue weighted by Crippen LogP contribution is -1.82. The van der Waals surface area contributed by atoms with E-state index in [-0.39, 0.29) is 0 Å². The molecule has 2 rings (SSSR count). The summed E-state index contributed by atoms with van der Waals surface area (Å²) in [6.07, 6.45) is 2.66. The van der Waals surface area contributed by atoms with Gasteiger partial charge in [-0.1, -0.05) is 30.7 Å². The molecule has 0 aliphatic heterocycles. The van der Waals surface area contributed by atoms with Crippen LogP contribution in [0.15, 0.2) is 41.0 Å². The maximum atomic E-state index is 6.08. The molecule has 0 unspecified atom stereocenters. The fraction of sp³-hybridized carbons (Fsp3) is 0.167. The molecule has 0 atom stereocenters.